The molecule has 1 fully saturated rings. The van der Waals surface area contributed by atoms with Crippen molar-refractivity contribution in [3.05, 3.63) is 48.3 Å². The van der Waals surface area contributed by atoms with Crippen LogP contribution in [0.3, 0.4) is 0 Å². The quantitative estimate of drug-likeness (QED) is 0.889. The maximum atomic E-state index is 12.1. The third-order valence-corrected chi connectivity index (χ3v) is 3.95. The van der Waals surface area contributed by atoms with Crippen LogP contribution < -0.4 is 15.0 Å². The van der Waals surface area contributed by atoms with Crippen LogP contribution in [0, 0.1) is 11.3 Å². The fourth-order valence-corrected chi connectivity index (χ4v) is 2.80. The topological polar surface area (TPSA) is 91.1 Å². The SMILES string of the molecule is N#Cc1cccc(OCC(=O)N[C@H]2CCCN(c3ncccn3)C2)c1. The summed E-state index contributed by atoms with van der Waals surface area (Å²) in [6.07, 6.45) is 5.31. The Morgan fingerprint density at radius 3 is 3.00 bits per heavy atom. The van der Waals surface area contributed by atoms with Gasteiger partial charge in [0.15, 0.2) is 6.61 Å². The van der Waals surface area contributed by atoms with Crippen LogP contribution >= 0.6 is 0 Å². The largest absolute Gasteiger partial charge is 0.484 e. The second-order valence-corrected chi connectivity index (χ2v) is 5.83. The van der Waals surface area contributed by atoms with Crippen LogP contribution in [-0.2, 0) is 4.79 Å². The van der Waals surface area contributed by atoms with Gasteiger partial charge < -0.3 is 15.0 Å². The summed E-state index contributed by atoms with van der Waals surface area (Å²) in [5, 5.41) is 11.9. The molecule has 1 aromatic heterocycles. The lowest BCUT2D eigenvalue weighted by Gasteiger charge is -2.33. The van der Waals surface area contributed by atoms with Crippen molar-refractivity contribution in [2.75, 3.05) is 24.6 Å². The molecule has 1 saturated heterocycles. The number of carbonyl (C=O) groups excluding carboxylic acids is 1. The highest BCUT2D eigenvalue weighted by molar-refractivity contribution is 5.78. The van der Waals surface area contributed by atoms with Crippen LogP contribution in [0.2, 0.25) is 0 Å². The summed E-state index contributed by atoms with van der Waals surface area (Å²) in [6.45, 7) is 1.49. The number of piperidine rings is 1. The first-order chi connectivity index (χ1) is 12.2. The van der Waals surface area contributed by atoms with Crippen LogP contribution in [0.15, 0.2) is 42.7 Å². The normalized spacial score (nSPS) is 16.8. The summed E-state index contributed by atoms with van der Waals surface area (Å²) in [4.78, 5) is 22.7. The third kappa shape index (κ3) is 4.67. The number of nitrogens with one attached hydrogen (secondary N) is 1. The van der Waals surface area contributed by atoms with E-state index in [0.29, 0.717) is 23.8 Å². The molecular weight excluding hydrogens is 318 g/mol. The van der Waals surface area contributed by atoms with Crippen LogP contribution in [0.4, 0.5) is 5.95 Å². The van der Waals surface area contributed by atoms with E-state index >= 15 is 0 Å². The maximum absolute atomic E-state index is 12.1. The minimum Gasteiger partial charge on any atom is -0.484 e. The second kappa shape index (κ2) is 8.11. The minimum atomic E-state index is -0.178. The summed E-state index contributed by atoms with van der Waals surface area (Å²) in [6, 6.07) is 10.6. The minimum absolute atomic E-state index is 0.0408. The van der Waals surface area contributed by atoms with Crippen molar-refractivity contribution >= 4 is 11.9 Å². The first-order valence-corrected chi connectivity index (χ1v) is 8.19. The van der Waals surface area contributed by atoms with Crippen molar-refractivity contribution in [1.29, 1.82) is 5.26 Å². The summed E-state index contributed by atoms with van der Waals surface area (Å²) in [5.74, 6) is 1.02. The number of ether oxygens (including phenoxy) is 1. The molecule has 1 N–H and O–H groups in total. The lowest BCUT2D eigenvalue weighted by molar-refractivity contribution is -0.123. The van der Waals surface area contributed by atoms with Crippen molar-refractivity contribution in [1.82, 2.24) is 15.3 Å². The van der Waals surface area contributed by atoms with E-state index in [2.05, 4.69) is 20.2 Å². The van der Waals surface area contributed by atoms with Crippen molar-refractivity contribution in [2.24, 2.45) is 0 Å². The van der Waals surface area contributed by atoms with Crippen molar-refractivity contribution in [3.8, 4) is 11.8 Å². The molecule has 1 aliphatic rings. The summed E-state index contributed by atoms with van der Waals surface area (Å²) in [7, 11) is 0. The van der Waals surface area contributed by atoms with Gasteiger partial charge in [-0.3, -0.25) is 4.79 Å². The number of carbonyl (C=O) groups is 1. The van der Waals surface area contributed by atoms with E-state index in [-0.39, 0.29) is 18.6 Å². The molecule has 0 aliphatic carbocycles. The highest BCUT2D eigenvalue weighted by Gasteiger charge is 2.23. The van der Waals surface area contributed by atoms with Gasteiger partial charge in [-0.2, -0.15) is 5.26 Å². The molecule has 128 valence electrons. The Bertz CT molecular complexity index is 760. The molecule has 1 amide bonds. The van der Waals surface area contributed by atoms with Crippen molar-refractivity contribution in [2.45, 2.75) is 18.9 Å². The van der Waals surface area contributed by atoms with E-state index in [1.807, 2.05) is 6.07 Å². The summed E-state index contributed by atoms with van der Waals surface area (Å²) < 4.78 is 5.46. The lowest BCUT2D eigenvalue weighted by Crippen LogP contribution is -2.49. The lowest BCUT2D eigenvalue weighted by atomic mass is 10.1. The smallest absolute Gasteiger partial charge is 0.258 e. The van der Waals surface area contributed by atoms with Gasteiger partial charge in [-0.25, -0.2) is 9.97 Å². The zero-order chi connectivity index (χ0) is 17.5. The average molecular weight is 337 g/mol. The first kappa shape index (κ1) is 16.7. The number of anilines is 1. The molecule has 2 aromatic rings. The molecule has 7 nitrogen and oxygen atoms in total. The first-order valence-electron chi connectivity index (χ1n) is 8.19. The maximum Gasteiger partial charge on any atom is 0.258 e. The predicted octanol–water partition coefficient (Wildman–Crippen LogP) is 1.51. The van der Waals surface area contributed by atoms with Crippen LogP contribution in [-0.4, -0.2) is 41.6 Å². The van der Waals surface area contributed by atoms with Crippen LogP contribution in [0.1, 0.15) is 18.4 Å². The summed E-state index contributed by atoms with van der Waals surface area (Å²) in [5.41, 5.74) is 0.503. The molecule has 1 atom stereocenters. The van der Waals surface area contributed by atoms with Gasteiger partial charge in [-0.1, -0.05) is 6.07 Å². The number of hydrogen-bond acceptors (Lipinski definition) is 6. The van der Waals surface area contributed by atoms with Gasteiger partial charge >= 0.3 is 0 Å². The van der Waals surface area contributed by atoms with E-state index in [1.54, 1.807) is 42.7 Å². The van der Waals surface area contributed by atoms with Gasteiger partial charge in [0.2, 0.25) is 5.95 Å². The van der Waals surface area contributed by atoms with E-state index in [1.165, 1.54) is 0 Å². The fraction of sp³-hybridized carbons (Fsp3) is 0.333. The number of nitrogens with zero attached hydrogens (tertiary/aromatic N) is 4. The van der Waals surface area contributed by atoms with Gasteiger partial charge in [0.05, 0.1) is 11.6 Å². The number of hydrogen-bond donors (Lipinski definition) is 1. The Balaban J connectivity index is 1.50. The van der Waals surface area contributed by atoms with Gasteiger partial charge in [-0.05, 0) is 37.1 Å². The average Bonchev–Trinajstić information content (AvgIpc) is 2.67. The Kier molecular flexibility index (Phi) is 5.42. The zero-order valence-corrected chi connectivity index (χ0v) is 13.8. The number of rotatable bonds is 5. The summed E-state index contributed by atoms with van der Waals surface area (Å²) >= 11 is 0. The molecule has 0 bridgehead atoms. The molecular formula is C18H19N5O2. The monoisotopic (exact) mass is 337 g/mol. The molecule has 1 aliphatic heterocycles. The zero-order valence-electron chi connectivity index (χ0n) is 13.8. The van der Waals surface area contributed by atoms with E-state index in [4.69, 9.17) is 10.00 Å². The Morgan fingerprint density at radius 2 is 2.20 bits per heavy atom. The van der Waals surface area contributed by atoms with E-state index < -0.39 is 0 Å². The molecule has 0 spiro atoms. The Hall–Kier alpha value is -3.14. The van der Waals surface area contributed by atoms with Gasteiger partial charge in [0.1, 0.15) is 5.75 Å². The highest BCUT2D eigenvalue weighted by atomic mass is 16.5. The molecule has 0 saturated carbocycles. The highest BCUT2D eigenvalue weighted by Crippen LogP contribution is 2.15. The van der Waals surface area contributed by atoms with Gasteiger partial charge in [0, 0.05) is 31.5 Å². The molecule has 0 unspecified atom stereocenters. The fourth-order valence-electron chi connectivity index (χ4n) is 2.80. The van der Waals surface area contributed by atoms with Crippen molar-refractivity contribution in [3.63, 3.8) is 0 Å². The van der Waals surface area contributed by atoms with Gasteiger partial charge in [0.25, 0.3) is 5.91 Å². The van der Waals surface area contributed by atoms with Gasteiger partial charge in [-0.15, -0.1) is 0 Å². The molecule has 1 aromatic carbocycles. The van der Waals surface area contributed by atoms with Crippen LogP contribution in [0.5, 0.6) is 5.75 Å². The molecule has 2 heterocycles. The number of amides is 1. The molecule has 25 heavy (non-hydrogen) atoms. The molecule has 0 radical (unpaired) electrons. The Morgan fingerprint density at radius 1 is 1.36 bits per heavy atom. The number of benzene rings is 1. The second-order valence-electron chi connectivity index (χ2n) is 5.83. The third-order valence-electron chi connectivity index (χ3n) is 3.95. The molecule has 7 heteroatoms. The van der Waals surface area contributed by atoms with E-state index in [0.717, 1.165) is 19.4 Å². The Labute approximate surface area is 146 Å². The number of nitriles is 1. The standard InChI is InChI=1S/C18H19N5O2/c19-11-14-4-1-6-16(10-14)25-13-17(24)22-15-5-2-9-23(12-15)18-20-7-3-8-21-18/h1,3-4,6-8,10,15H,2,5,9,12-13H2,(H,22,24)/t15-/m0/s1. The molecule has 3 rings (SSSR count). The van der Waals surface area contributed by atoms with E-state index in [9.17, 15) is 4.79 Å². The van der Waals surface area contributed by atoms with Crippen LogP contribution in [0.25, 0.3) is 0 Å². The number of aromatic nitrogens is 2. The van der Waals surface area contributed by atoms with Crippen molar-refractivity contribution < 1.29 is 9.53 Å². The predicted molar refractivity (Wildman–Crippen MR) is 92.1 cm³/mol.